The third-order valence-corrected chi connectivity index (χ3v) is 4.55. The highest BCUT2D eigenvalue weighted by Gasteiger charge is 2.13. The Morgan fingerprint density at radius 1 is 0.917 bits per heavy atom. The second-order valence-corrected chi connectivity index (χ2v) is 6.28. The van der Waals surface area contributed by atoms with Crippen LogP contribution in [-0.2, 0) is 17.6 Å². The Hall–Kier alpha value is -2.68. The predicted molar refractivity (Wildman–Crippen MR) is 95.0 cm³/mol. The monoisotopic (exact) mass is 320 g/mol. The van der Waals surface area contributed by atoms with Crippen molar-refractivity contribution < 1.29 is 14.7 Å². The van der Waals surface area contributed by atoms with Crippen LogP contribution in [0.1, 0.15) is 52.4 Å². The largest absolute Gasteiger partial charge is 0.478 e. The molecule has 0 unspecified atom stereocenters. The normalized spacial score (nSPS) is 14.9. The van der Waals surface area contributed by atoms with E-state index in [4.69, 9.17) is 5.11 Å². The summed E-state index contributed by atoms with van der Waals surface area (Å²) in [5.41, 5.74) is 6.08. The minimum Gasteiger partial charge on any atom is -0.478 e. The molecule has 0 radical (unpaired) electrons. The van der Waals surface area contributed by atoms with Crippen LogP contribution in [0.15, 0.2) is 42.5 Å². The van der Waals surface area contributed by atoms with Crippen molar-refractivity contribution >= 4 is 23.4 Å². The van der Waals surface area contributed by atoms with E-state index in [9.17, 15) is 9.59 Å². The van der Waals surface area contributed by atoms with Crippen LogP contribution < -0.4 is 0 Å². The molecule has 0 bridgehead atoms. The van der Waals surface area contributed by atoms with Crippen LogP contribution in [-0.4, -0.2) is 16.9 Å². The van der Waals surface area contributed by atoms with Crippen molar-refractivity contribution in [1.82, 2.24) is 0 Å². The molecule has 0 aliphatic heterocycles. The second-order valence-electron chi connectivity index (χ2n) is 6.28. The molecule has 0 fully saturated rings. The first-order chi connectivity index (χ1) is 11.5. The lowest BCUT2D eigenvalue weighted by atomic mass is 9.96. The number of Topliss-reactive ketones (excluding diaryl/α,β-unsaturated/α-hetero) is 1. The van der Waals surface area contributed by atoms with Gasteiger partial charge in [-0.2, -0.15) is 0 Å². The number of fused-ring (bicyclic) bond motifs is 1. The number of hydrogen-bond acceptors (Lipinski definition) is 2. The summed E-state index contributed by atoms with van der Waals surface area (Å²) in [4.78, 5) is 22.5. The summed E-state index contributed by atoms with van der Waals surface area (Å²) in [5, 5.41) is 8.95. The van der Waals surface area contributed by atoms with Gasteiger partial charge in [-0.05, 0) is 59.7 Å². The van der Waals surface area contributed by atoms with Crippen LogP contribution >= 0.6 is 0 Å². The van der Waals surface area contributed by atoms with E-state index in [1.54, 1.807) is 12.1 Å². The zero-order chi connectivity index (χ0) is 17.1. The number of hydrogen-bond donors (Lipinski definition) is 1. The SMILES string of the molecule is C/C(=C\c1ccc(C(=O)O)cc1)c1ccc2c(c1)CCC(=O)CC2. The number of benzene rings is 2. The summed E-state index contributed by atoms with van der Waals surface area (Å²) in [6, 6.07) is 13.3. The van der Waals surface area contributed by atoms with E-state index in [1.807, 2.05) is 12.1 Å². The highest BCUT2D eigenvalue weighted by atomic mass is 16.4. The van der Waals surface area contributed by atoms with Crippen LogP contribution in [0.25, 0.3) is 11.6 Å². The molecular weight excluding hydrogens is 300 g/mol. The Balaban J connectivity index is 1.85. The standard InChI is InChI=1S/C21H20O3/c1-14(12-15-2-4-17(5-3-15)21(23)24)18-7-6-16-8-10-20(22)11-9-19(16)13-18/h2-7,12-13H,8-11H2,1H3,(H,23,24)/b14-12+. The average molecular weight is 320 g/mol. The van der Waals surface area contributed by atoms with Gasteiger partial charge >= 0.3 is 5.97 Å². The van der Waals surface area contributed by atoms with Gasteiger partial charge in [0.05, 0.1) is 5.56 Å². The highest BCUT2D eigenvalue weighted by Crippen LogP contribution is 2.25. The summed E-state index contributed by atoms with van der Waals surface area (Å²) in [6.45, 7) is 2.05. The molecule has 1 aliphatic carbocycles. The number of aromatic carboxylic acids is 1. The molecule has 1 N–H and O–H groups in total. The van der Waals surface area contributed by atoms with Gasteiger partial charge in [-0.25, -0.2) is 4.79 Å². The Morgan fingerprint density at radius 2 is 1.54 bits per heavy atom. The minimum atomic E-state index is -0.914. The molecule has 1 aliphatic rings. The quantitative estimate of drug-likeness (QED) is 0.674. The number of carbonyl (C=O) groups is 2. The van der Waals surface area contributed by atoms with E-state index in [0.29, 0.717) is 24.2 Å². The lowest BCUT2D eigenvalue weighted by Crippen LogP contribution is -1.95. The maximum atomic E-state index is 11.6. The Morgan fingerprint density at radius 3 is 2.21 bits per heavy atom. The lowest BCUT2D eigenvalue weighted by Gasteiger charge is -2.09. The maximum absolute atomic E-state index is 11.6. The van der Waals surface area contributed by atoms with E-state index in [0.717, 1.165) is 29.5 Å². The molecule has 0 saturated heterocycles. The van der Waals surface area contributed by atoms with Crippen LogP contribution in [0.2, 0.25) is 0 Å². The maximum Gasteiger partial charge on any atom is 0.335 e. The molecule has 3 heteroatoms. The summed E-state index contributed by atoms with van der Waals surface area (Å²) >= 11 is 0. The number of carboxylic acids is 1. The Bertz CT molecular complexity index is 813. The first kappa shape index (κ1) is 16.2. The van der Waals surface area contributed by atoms with E-state index in [-0.39, 0.29) is 0 Å². The van der Waals surface area contributed by atoms with Crippen molar-refractivity contribution in [2.75, 3.05) is 0 Å². The molecule has 0 spiro atoms. The molecule has 3 rings (SSSR count). The van der Waals surface area contributed by atoms with Crippen molar-refractivity contribution in [3.63, 3.8) is 0 Å². The molecule has 2 aromatic carbocycles. The smallest absolute Gasteiger partial charge is 0.335 e. The molecule has 0 saturated carbocycles. The summed E-state index contributed by atoms with van der Waals surface area (Å²) in [5.74, 6) is -0.568. The highest BCUT2D eigenvalue weighted by molar-refractivity contribution is 5.88. The molecule has 0 heterocycles. The third-order valence-electron chi connectivity index (χ3n) is 4.55. The molecule has 24 heavy (non-hydrogen) atoms. The summed E-state index contributed by atoms with van der Waals surface area (Å²) in [7, 11) is 0. The summed E-state index contributed by atoms with van der Waals surface area (Å²) < 4.78 is 0. The fraction of sp³-hybridized carbons (Fsp3) is 0.238. The van der Waals surface area contributed by atoms with Crippen LogP contribution in [0.3, 0.4) is 0 Å². The Labute approximate surface area is 141 Å². The molecule has 3 nitrogen and oxygen atoms in total. The van der Waals surface area contributed by atoms with Gasteiger partial charge in [0, 0.05) is 12.8 Å². The van der Waals surface area contributed by atoms with Crippen LogP contribution in [0.5, 0.6) is 0 Å². The Kier molecular flexibility index (Phi) is 4.61. The van der Waals surface area contributed by atoms with Gasteiger partial charge in [0.1, 0.15) is 5.78 Å². The first-order valence-electron chi connectivity index (χ1n) is 8.18. The third kappa shape index (κ3) is 3.62. The zero-order valence-electron chi connectivity index (χ0n) is 13.7. The molecular formula is C21H20O3. The van der Waals surface area contributed by atoms with Gasteiger partial charge in [0.25, 0.3) is 0 Å². The minimum absolute atomic E-state index is 0.291. The van der Waals surface area contributed by atoms with E-state index >= 15 is 0 Å². The van der Waals surface area contributed by atoms with E-state index in [1.165, 1.54) is 11.1 Å². The van der Waals surface area contributed by atoms with E-state index < -0.39 is 5.97 Å². The predicted octanol–water partition coefficient (Wildman–Crippen LogP) is 4.39. The fourth-order valence-corrected chi connectivity index (χ4v) is 3.08. The topological polar surface area (TPSA) is 54.4 Å². The number of aryl methyl sites for hydroxylation is 2. The molecule has 2 aromatic rings. The number of carboxylic acid groups (broad SMARTS) is 1. The van der Waals surface area contributed by atoms with Crippen LogP contribution in [0.4, 0.5) is 0 Å². The van der Waals surface area contributed by atoms with Crippen LogP contribution in [0, 0.1) is 0 Å². The van der Waals surface area contributed by atoms with Crippen molar-refractivity contribution in [2.24, 2.45) is 0 Å². The summed E-state index contributed by atoms with van der Waals surface area (Å²) in [6.07, 6.45) is 5.00. The molecule has 0 atom stereocenters. The lowest BCUT2D eigenvalue weighted by molar-refractivity contribution is -0.118. The van der Waals surface area contributed by atoms with Crippen molar-refractivity contribution in [3.8, 4) is 0 Å². The first-order valence-corrected chi connectivity index (χ1v) is 8.18. The zero-order valence-corrected chi connectivity index (χ0v) is 13.7. The molecule has 0 amide bonds. The number of rotatable bonds is 3. The second kappa shape index (κ2) is 6.83. The van der Waals surface area contributed by atoms with Gasteiger partial charge in [-0.15, -0.1) is 0 Å². The van der Waals surface area contributed by atoms with Gasteiger partial charge in [-0.1, -0.05) is 36.4 Å². The van der Waals surface area contributed by atoms with Gasteiger partial charge < -0.3 is 5.11 Å². The van der Waals surface area contributed by atoms with Gasteiger partial charge in [-0.3, -0.25) is 4.79 Å². The molecule has 122 valence electrons. The average Bonchev–Trinajstić information content (AvgIpc) is 2.77. The number of allylic oxidation sites excluding steroid dienone is 1. The van der Waals surface area contributed by atoms with E-state index in [2.05, 4.69) is 31.2 Å². The number of ketones is 1. The van der Waals surface area contributed by atoms with Crippen molar-refractivity contribution in [3.05, 3.63) is 70.3 Å². The van der Waals surface area contributed by atoms with Gasteiger partial charge in [0.15, 0.2) is 0 Å². The fourth-order valence-electron chi connectivity index (χ4n) is 3.08. The van der Waals surface area contributed by atoms with Crippen molar-refractivity contribution in [2.45, 2.75) is 32.6 Å². The molecule has 0 aromatic heterocycles. The number of carbonyl (C=O) groups excluding carboxylic acids is 1. The van der Waals surface area contributed by atoms with Crippen molar-refractivity contribution in [1.29, 1.82) is 0 Å². The van der Waals surface area contributed by atoms with Gasteiger partial charge in [0.2, 0.25) is 0 Å².